The van der Waals surface area contributed by atoms with Crippen LogP contribution >= 0.6 is 11.6 Å². The first-order valence-corrected chi connectivity index (χ1v) is 13.1. The van der Waals surface area contributed by atoms with Crippen molar-refractivity contribution in [3.8, 4) is 11.1 Å². The molecule has 176 valence electrons. The molecule has 0 amide bonds. The molecule has 2 aromatic carbocycles. The molecule has 1 aliphatic heterocycles. The summed E-state index contributed by atoms with van der Waals surface area (Å²) in [6.45, 7) is 1.55. The fraction of sp³-hybridized carbons (Fsp3) is 0.280. The van der Waals surface area contributed by atoms with Crippen LogP contribution in [0.15, 0.2) is 58.4 Å². The standard InChI is InChI=1S/C25H23ClFN3O3S/c1-3-34(32,33)29-22-11-17-18(10-21(22)26)24(15-6-8-16(27)9-7-15)28-25(14-4-5-14)19-12-23(31)30(2)13-20(17)19/h6-14,25,29H,3-5H2,1-2H3. The molecule has 0 bridgehead atoms. The van der Waals surface area contributed by atoms with Crippen LogP contribution in [-0.4, -0.2) is 24.4 Å². The first-order chi connectivity index (χ1) is 16.2. The van der Waals surface area contributed by atoms with Crippen molar-refractivity contribution < 1.29 is 12.8 Å². The Balaban J connectivity index is 1.82. The molecular weight excluding hydrogens is 477 g/mol. The van der Waals surface area contributed by atoms with E-state index in [1.54, 1.807) is 50.5 Å². The Morgan fingerprint density at radius 1 is 1.12 bits per heavy atom. The number of aryl methyl sites for hydroxylation is 1. The molecule has 1 fully saturated rings. The average molecular weight is 500 g/mol. The van der Waals surface area contributed by atoms with Crippen LogP contribution in [0, 0.1) is 11.7 Å². The second kappa shape index (κ2) is 8.36. The predicted molar refractivity (Wildman–Crippen MR) is 133 cm³/mol. The van der Waals surface area contributed by atoms with Crippen molar-refractivity contribution in [3.05, 3.63) is 86.5 Å². The Bertz CT molecular complexity index is 1490. The number of nitrogens with one attached hydrogen (secondary N) is 1. The lowest BCUT2D eigenvalue weighted by atomic mass is 9.91. The number of rotatable bonds is 5. The van der Waals surface area contributed by atoms with Crippen LogP contribution in [-0.2, 0) is 17.1 Å². The summed E-state index contributed by atoms with van der Waals surface area (Å²) in [6.07, 6.45) is 3.76. The molecule has 3 aromatic rings. The van der Waals surface area contributed by atoms with Crippen molar-refractivity contribution in [2.45, 2.75) is 25.8 Å². The van der Waals surface area contributed by atoms with Gasteiger partial charge >= 0.3 is 0 Å². The molecule has 1 atom stereocenters. The average Bonchev–Trinajstić information content (AvgIpc) is 3.64. The molecule has 2 aliphatic rings. The normalized spacial score (nSPS) is 17.4. The van der Waals surface area contributed by atoms with Crippen molar-refractivity contribution in [2.24, 2.45) is 18.0 Å². The van der Waals surface area contributed by atoms with Gasteiger partial charge < -0.3 is 4.57 Å². The lowest BCUT2D eigenvalue weighted by molar-refractivity contribution is 0.602. The molecular formula is C25H23ClFN3O3S. The molecule has 1 saturated carbocycles. The van der Waals surface area contributed by atoms with E-state index in [9.17, 15) is 17.6 Å². The molecule has 34 heavy (non-hydrogen) atoms. The summed E-state index contributed by atoms with van der Waals surface area (Å²) in [4.78, 5) is 17.7. The SMILES string of the molecule is CCS(=O)(=O)Nc1cc2c(cc1Cl)C(c1ccc(F)cc1)=NC(C1CC1)c1cc(=O)n(C)cc1-2. The number of aromatic nitrogens is 1. The minimum atomic E-state index is -3.57. The fourth-order valence-electron chi connectivity index (χ4n) is 4.31. The van der Waals surface area contributed by atoms with Crippen molar-refractivity contribution in [1.82, 2.24) is 4.57 Å². The van der Waals surface area contributed by atoms with E-state index in [1.807, 2.05) is 0 Å². The molecule has 9 heteroatoms. The minimum absolute atomic E-state index is 0.0997. The van der Waals surface area contributed by atoms with E-state index >= 15 is 0 Å². The van der Waals surface area contributed by atoms with Gasteiger partial charge in [0.25, 0.3) is 5.56 Å². The lowest BCUT2D eigenvalue weighted by Gasteiger charge is -2.17. The second-order valence-corrected chi connectivity index (χ2v) is 11.2. The number of benzene rings is 2. The Labute approximate surface area is 202 Å². The number of hydrogen-bond donors (Lipinski definition) is 1. The summed E-state index contributed by atoms with van der Waals surface area (Å²) in [6, 6.07) is 10.8. The first-order valence-electron chi connectivity index (χ1n) is 11.1. The van der Waals surface area contributed by atoms with Crippen LogP contribution in [0.4, 0.5) is 10.1 Å². The van der Waals surface area contributed by atoms with Gasteiger partial charge in [-0.05, 0) is 73.2 Å². The monoisotopic (exact) mass is 499 g/mol. The van der Waals surface area contributed by atoms with E-state index in [2.05, 4.69) is 4.72 Å². The summed E-state index contributed by atoms with van der Waals surface area (Å²) in [7, 11) is -1.89. The maximum Gasteiger partial charge on any atom is 0.250 e. The van der Waals surface area contributed by atoms with E-state index in [0.29, 0.717) is 28.3 Å². The van der Waals surface area contributed by atoms with Gasteiger partial charge in [-0.1, -0.05) is 11.6 Å². The molecule has 0 radical (unpaired) electrons. The molecule has 1 aliphatic carbocycles. The van der Waals surface area contributed by atoms with Gasteiger partial charge in [0.1, 0.15) is 5.82 Å². The molecule has 1 N–H and O–H groups in total. The highest BCUT2D eigenvalue weighted by Crippen LogP contribution is 2.49. The minimum Gasteiger partial charge on any atom is -0.318 e. The topological polar surface area (TPSA) is 80.5 Å². The Hall–Kier alpha value is -2.97. The van der Waals surface area contributed by atoms with Gasteiger partial charge in [-0.15, -0.1) is 0 Å². The number of halogens is 2. The maximum atomic E-state index is 13.7. The summed E-state index contributed by atoms with van der Waals surface area (Å²) in [5, 5.41) is 0.224. The fourth-order valence-corrected chi connectivity index (χ4v) is 5.23. The van der Waals surface area contributed by atoms with Crippen molar-refractivity contribution in [3.63, 3.8) is 0 Å². The molecule has 0 saturated heterocycles. The molecule has 0 spiro atoms. The Morgan fingerprint density at radius 2 is 1.82 bits per heavy atom. The highest BCUT2D eigenvalue weighted by atomic mass is 35.5. The van der Waals surface area contributed by atoms with Crippen LogP contribution in [0.1, 0.15) is 42.5 Å². The summed E-state index contributed by atoms with van der Waals surface area (Å²) in [5.41, 5.74) is 4.45. The highest BCUT2D eigenvalue weighted by molar-refractivity contribution is 7.92. The van der Waals surface area contributed by atoms with Crippen LogP contribution in [0.25, 0.3) is 11.1 Å². The Morgan fingerprint density at radius 3 is 2.47 bits per heavy atom. The van der Waals surface area contributed by atoms with Gasteiger partial charge in [-0.3, -0.25) is 14.5 Å². The zero-order valence-electron chi connectivity index (χ0n) is 18.7. The molecule has 1 aromatic heterocycles. The molecule has 2 heterocycles. The third kappa shape index (κ3) is 4.16. The van der Waals surface area contributed by atoms with Crippen molar-refractivity contribution >= 4 is 33.0 Å². The van der Waals surface area contributed by atoms with Crippen molar-refractivity contribution in [1.29, 1.82) is 0 Å². The molecule has 1 unspecified atom stereocenters. The van der Waals surface area contributed by atoms with Gasteiger partial charge in [0, 0.05) is 36.0 Å². The van der Waals surface area contributed by atoms with E-state index < -0.39 is 10.0 Å². The van der Waals surface area contributed by atoms with E-state index in [0.717, 1.165) is 24.0 Å². The number of pyridine rings is 1. The molecule has 6 nitrogen and oxygen atoms in total. The van der Waals surface area contributed by atoms with Crippen LogP contribution in [0.3, 0.4) is 0 Å². The van der Waals surface area contributed by atoms with Crippen LogP contribution in [0.5, 0.6) is 0 Å². The number of anilines is 1. The van der Waals surface area contributed by atoms with Gasteiger partial charge in [0.05, 0.1) is 28.2 Å². The number of aliphatic imine (C=N–C) groups is 1. The third-order valence-electron chi connectivity index (χ3n) is 6.33. The van der Waals surface area contributed by atoms with Crippen molar-refractivity contribution in [2.75, 3.05) is 10.5 Å². The largest absolute Gasteiger partial charge is 0.318 e. The first kappa shape index (κ1) is 22.8. The lowest BCUT2D eigenvalue weighted by Crippen LogP contribution is -2.18. The van der Waals surface area contributed by atoms with Crippen LogP contribution < -0.4 is 10.3 Å². The van der Waals surface area contributed by atoms with E-state index in [-0.39, 0.29) is 33.9 Å². The summed E-state index contributed by atoms with van der Waals surface area (Å²) in [5.74, 6) is -0.160. The van der Waals surface area contributed by atoms with Gasteiger partial charge in [0.15, 0.2) is 0 Å². The summed E-state index contributed by atoms with van der Waals surface area (Å²) >= 11 is 6.55. The quantitative estimate of drug-likeness (QED) is 0.541. The molecule has 5 rings (SSSR count). The smallest absolute Gasteiger partial charge is 0.250 e. The number of fused-ring (bicyclic) bond motifs is 3. The summed E-state index contributed by atoms with van der Waals surface area (Å²) < 4.78 is 42.3. The van der Waals surface area contributed by atoms with Gasteiger partial charge in [0.2, 0.25) is 10.0 Å². The van der Waals surface area contributed by atoms with Gasteiger partial charge in [-0.2, -0.15) is 0 Å². The van der Waals surface area contributed by atoms with E-state index in [1.165, 1.54) is 16.7 Å². The third-order valence-corrected chi connectivity index (χ3v) is 7.94. The Kier molecular flexibility index (Phi) is 5.61. The van der Waals surface area contributed by atoms with E-state index in [4.69, 9.17) is 16.6 Å². The zero-order valence-corrected chi connectivity index (χ0v) is 20.3. The highest BCUT2D eigenvalue weighted by Gasteiger charge is 2.37. The number of hydrogen-bond acceptors (Lipinski definition) is 4. The number of sulfonamides is 1. The van der Waals surface area contributed by atoms with Crippen LogP contribution in [0.2, 0.25) is 5.02 Å². The second-order valence-electron chi connectivity index (χ2n) is 8.74. The number of nitrogens with zero attached hydrogens (tertiary/aromatic N) is 2. The van der Waals surface area contributed by atoms with Gasteiger partial charge in [-0.25, -0.2) is 12.8 Å². The zero-order chi connectivity index (χ0) is 24.2. The predicted octanol–water partition coefficient (Wildman–Crippen LogP) is 4.91. The maximum absolute atomic E-state index is 13.7.